The number of fused-ring (bicyclic) bond motifs is 1. The van der Waals surface area contributed by atoms with Crippen LogP contribution in [0.4, 0.5) is 0 Å². The number of aliphatic hydroxyl groups is 1. The van der Waals surface area contributed by atoms with E-state index in [0.29, 0.717) is 18.0 Å². The zero-order valence-electron chi connectivity index (χ0n) is 9.13. The van der Waals surface area contributed by atoms with Crippen molar-refractivity contribution < 1.29 is 5.11 Å². The number of hydrogen-bond donors (Lipinski definition) is 3. The second-order valence-corrected chi connectivity index (χ2v) is 4.33. The fourth-order valence-electron chi connectivity index (χ4n) is 2.08. The lowest BCUT2D eigenvalue weighted by molar-refractivity contribution is 0.171. The minimum Gasteiger partial charge on any atom is -0.388 e. The molecule has 3 nitrogen and oxygen atoms in total. The molecule has 4 N–H and O–H groups in total. The average Bonchev–Trinajstić information content (AvgIpc) is 2.56. The number of hydrogen-bond acceptors (Lipinski definition) is 2. The van der Waals surface area contributed by atoms with Crippen LogP contribution < -0.4 is 5.73 Å². The Balaban J connectivity index is 2.63. The Labute approximate surface area is 99.2 Å². The molecule has 2 rings (SSSR count). The summed E-state index contributed by atoms with van der Waals surface area (Å²) in [4.78, 5) is 3.22. The zero-order chi connectivity index (χ0) is 11.7. The van der Waals surface area contributed by atoms with Crippen LogP contribution in [-0.4, -0.2) is 16.6 Å². The number of aromatic nitrogens is 1. The summed E-state index contributed by atoms with van der Waals surface area (Å²) in [6.07, 6.45) is -0.0161. The van der Waals surface area contributed by atoms with Crippen LogP contribution in [0.3, 0.4) is 0 Å². The van der Waals surface area contributed by atoms with E-state index in [4.69, 9.17) is 17.3 Å². The molecule has 1 unspecified atom stereocenters. The number of rotatable bonds is 3. The van der Waals surface area contributed by atoms with Crippen LogP contribution in [0.15, 0.2) is 18.2 Å². The first-order valence-electron chi connectivity index (χ1n) is 5.30. The maximum absolute atomic E-state index is 10.1. The molecule has 0 amide bonds. The Hall–Kier alpha value is -1.03. The summed E-state index contributed by atoms with van der Waals surface area (Å²) < 4.78 is 0. The molecule has 0 fully saturated rings. The minimum absolute atomic E-state index is 0.456. The monoisotopic (exact) mass is 238 g/mol. The van der Waals surface area contributed by atoms with Gasteiger partial charge in [-0.2, -0.15) is 0 Å². The lowest BCUT2D eigenvalue weighted by Crippen LogP contribution is -2.07. The number of H-pyrrole nitrogens is 1. The number of aliphatic hydroxyl groups excluding tert-OH is 1. The molecule has 0 saturated carbocycles. The van der Waals surface area contributed by atoms with Crippen molar-refractivity contribution >= 4 is 22.5 Å². The summed E-state index contributed by atoms with van der Waals surface area (Å²) in [5.74, 6) is 0. The minimum atomic E-state index is -0.557. The van der Waals surface area contributed by atoms with E-state index in [1.54, 1.807) is 0 Å². The van der Waals surface area contributed by atoms with Crippen LogP contribution in [0.2, 0.25) is 5.02 Å². The van der Waals surface area contributed by atoms with Crippen LogP contribution >= 0.6 is 11.6 Å². The predicted octanol–water partition coefficient (Wildman–Crippen LogP) is 2.51. The molecular formula is C12H15ClN2O. The lowest BCUT2D eigenvalue weighted by atomic mass is 10.0. The van der Waals surface area contributed by atoms with Gasteiger partial charge in [0, 0.05) is 22.2 Å². The number of halogens is 1. The average molecular weight is 239 g/mol. The van der Waals surface area contributed by atoms with Gasteiger partial charge >= 0.3 is 0 Å². The standard InChI is InChI=1S/C12H15ClN2O/c1-7-11(10(16)5-6-14)12-8(13)3-2-4-9(12)15-7/h2-4,10,15-16H,5-6,14H2,1H3. The van der Waals surface area contributed by atoms with Crippen LogP contribution in [0.25, 0.3) is 10.9 Å². The molecular weight excluding hydrogens is 224 g/mol. The summed E-state index contributed by atoms with van der Waals surface area (Å²) in [5, 5.41) is 11.6. The molecule has 0 aliphatic rings. The maximum atomic E-state index is 10.1. The predicted molar refractivity (Wildman–Crippen MR) is 66.7 cm³/mol. The Morgan fingerprint density at radius 1 is 1.50 bits per heavy atom. The quantitative estimate of drug-likeness (QED) is 0.770. The van der Waals surface area contributed by atoms with Crippen molar-refractivity contribution in [2.75, 3.05) is 6.54 Å². The second-order valence-electron chi connectivity index (χ2n) is 3.92. The van der Waals surface area contributed by atoms with Crippen molar-refractivity contribution in [3.8, 4) is 0 Å². The molecule has 0 radical (unpaired) electrons. The highest BCUT2D eigenvalue weighted by Crippen LogP contribution is 2.33. The Bertz CT molecular complexity index is 507. The highest BCUT2D eigenvalue weighted by atomic mass is 35.5. The molecule has 0 aliphatic heterocycles. The van der Waals surface area contributed by atoms with Crippen molar-refractivity contribution in [3.05, 3.63) is 34.5 Å². The van der Waals surface area contributed by atoms with E-state index in [0.717, 1.165) is 22.2 Å². The van der Waals surface area contributed by atoms with E-state index in [1.165, 1.54) is 0 Å². The summed E-state index contributed by atoms with van der Waals surface area (Å²) in [6, 6.07) is 5.67. The van der Waals surface area contributed by atoms with Crippen LogP contribution in [0, 0.1) is 6.92 Å². The molecule has 1 aromatic heterocycles. The fraction of sp³-hybridized carbons (Fsp3) is 0.333. The van der Waals surface area contributed by atoms with Gasteiger partial charge in [-0.1, -0.05) is 17.7 Å². The van der Waals surface area contributed by atoms with Crippen molar-refractivity contribution in [1.82, 2.24) is 4.98 Å². The zero-order valence-corrected chi connectivity index (χ0v) is 9.88. The van der Waals surface area contributed by atoms with Crippen molar-refractivity contribution in [2.45, 2.75) is 19.4 Å². The van der Waals surface area contributed by atoms with Crippen LogP contribution in [-0.2, 0) is 0 Å². The molecule has 0 spiro atoms. The van der Waals surface area contributed by atoms with Crippen molar-refractivity contribution in [1.29, 1.82) is 0 Å². The summed E-state index contributed by atoms with van der Waals surface area (Å²) in [5.41, 5.74) is 8.23. The fourth-order valence-corrected chi connectivity index (χ4v) is 2.35. The van der Waals surface area contributed by atoms with Gasteiger partial charge in [0.2, 0.25) is 0 Å². The van der Waals surface area contributed by atoms with Gasteiger partial charge < -0.3 is 15.8 Å². The van der Waals surface area contributed by atoms with E-state index in [-0.39, 0.29) is 0 Å². The first-order chi connectivity index (χ1) is 7.65. The SMILES string of the molecule is Cc1[nH]c2cccc(Cl)c2c1C(O)CCN. The van der Waals surface area contributed by atoms with Gasteiger partial charge in [0.15, 0.2) is 0 Å². The van der Waals surface area contributed by atoms with Crippen molar-refractivity contribution in [2.24, 2.45) is 5.73 Å². The molecule has 1 atom stereocenters. The second kappa shape index (κ2) is 4.45. The Kier molecular flexibility index (Phi) is 3.19. The number of benzene rings is 1. The first kappa shape index (κ1) is 11.5. The molecule has 0 bridgehead atoms. The summed E-state index contributed by atoms with van der Waals surface area (Å²) >= 11 is 6.16. The van der Waals surface area contributed by atoms with E-state index in [9.17, 15) is 5.11 Å². The normalized spacial score (nSPS) is 13.2. The summed E-state index contributed by atoms with van der Waals surface area (Å²) in [7, 11) is 0. The van der Waals surface area contributed by atoms with Gasteiger partial charge in [0.1, 0.15) is 0 Å². The molecule has 16 heavy (non-hydrogen) atoms. The highest BCUT2D eigenvalue weighted by molar-refractivity contribution is 6.35. The maximum Gasteiger partial charge on any atom is 0.0825 e. The molecule has 0 saturated heterocycles. The summed E-state index contributed by atoms with van der Waals surface area (Å²) in [6.45, 7) is 2.39. The van der Waals surface area contributed by atoms with E-state index >= 15 is 0 Å². The third-order valence-electron chi connectivity index (χ3n) is 2.78. The highest BCUT2D eigenvalue weighted by Gasteiger charge is 2.17. The van der Waals surface area contributed by atoms with E-state index < -0.39 is 6.10 Å². The van der Waals surface area contributed by atoms with Crippen LogP contribution in [0.5, 0.6) is 0 Å². The van der Waals surface area contributed by atoms with Gasteiger partial charge in [-0.25, -0.2) is 0 Å². The molecule has 1 aromatic carbocycles. The number of nitrogens with one attached hydrogen (secondary N) is 1. The third-order valence-corrected chi connectivity index (χ3v) is 3.10. The number of aryl methyl sites for hydroxylation is 1. The smallest absolute Gasteiger partial charge is 0.0825 e. The lowest BCUT2D eigenvalue weighted by Gasteiger charge is -2.10. The van der Waals surface area contributed by atoms with E-state index in [2.05, 4.69) is 4.98 Å². The largest absolute Gasteiger partial charge is 0.388 e. The van der Waals surface area contributed by atoms with Crippen LogP contribution in [0.1, 0.15) is 23.8 Å². The molecule has 2 aromatic rings. The molecule has 86 valence electrons. The van der Waals surface area contributed by atoms with Crippen molar-refractivity contribution in [3.63, 3.8) is 0 Å². The van der Waals surface area contributed by atoms with Gasteiger partial charge in [0.05, 0.1) is 11.1 Å². The number of aromatic amines is 1. The number of nitrogens with two attached hydrogens (primary N) is 1. The first-order valence-corrected chi connectivity index (χ1v) is 5.67. The molecule has 0 aliphatic carbocycles. The third kappa shape index (κ3) is 1.82. The Morgan fingerprint density at radius 2 is 2.25 bits per heavy atom. The van der Waals surface area contributed by atoms with E-state index in [1.807, 2.05) is 25.1 Å². The van der Waals surface area contributed by atoms with Gasteiger partial charge in [0.25, 0.3) is 0 Å². The van der Waals surface area contributed by atoms with Gasteiger partial charge in [-0.05, 0) is 32.0 Å². The molecule has 1 heterocycles. The van der Waals surface area contributed by atoms with Gasteiger partial charge in [-0.3, -0.25) is 0 Å². The Morgan fingerprint density at radius 3 is 2.94 bits per heavy atom. The topological polar surface area (TPSA) is 62.0 Å². The van der Waals surface area contributed by atoms with Gasteiger partial charge in [-0.15, -0.1) is 0 Å². The molecule has 4 heteroatoms.